The Labute approximate surface area is 120 Å². The topological polar surface area (TPSA) is 41.1 Å². The second-order valence-electron chi connectivity index (χ2n) is 4.94. The van der Waals surface area contributed by atoms with Crippen molar-refractivity contribution in [3.8, 4) is 0 Å². The van der Waals surface area contributed by atoms with Crippen molar-refractivity contribution >= 4 is 11.6 Å². The smallest absolute Gasteiger partial charge is 0.241 e. The number of carbonyl (C=O) groups excluding carboxylic acids is 1. The van der Waals surface area contributed by atoms with E-state index in [4.69, 9.17) is 0 Å². The fourth-order valence-electron chi connectivity index (χ4n) is 1.84. The van der Waals surface area contributed by atoms with Gasteiger partial charge in [-0.2, -0.15) is 0 Å². The van der Waals surface area contributed by atoms with Crippen molar-refractivity contribution in [3.63, 3.8) is 0 Å². The summed E-state index contributed by atoms with van der Waals surface area (Å²) in [6.45, 7) is 4.61. The summed E-state index contributed by atoms with van der Waals surface area (Å²) in [5.74, 6) is -0.0247. The lowest BCUT2D eigenvalue weighted by atomic mass is 10.1. The van der Waals surface area contributed by atoms with Gasteiger partial charge in [0.15, 0.2) is 0 Å². The maximum Gasteiger partial charge on any atom is 0.241 e. The highest BCUT2D eigenvalue weighted by Gasteiger charge is 2.11. The van der Waals surface area contributed by atoms with Crippen LogP contribution in [-0.2, 0) is 11.3 Å². The van der Waals surface area contributed by atoms with Crippen LogP contribution in [0.15, 0.2) is 54.6 Å². The summed E-state index contributed by atoms with van der Waals surface area (Å²) in [7, 11) is 0. The van der Waals surface area contributed by atoms with E-state index in [9.17, 15) is 4.79 Å². The third-order valence-corrected chi connectivity index (χ3v) is 3.17. The molecule has 0 aliphatic rings. The summed E-state index contributed by atoms with van der Waals surface area (Å²) in [5, 5.41) is 6.11. The van der Waals surface area contributed by atoms with Crippen molar-refractivity contribution in [2.45, 2.75) is 26.4 Å². The van der Waals surface area contributed by atoms with Crippen LogP contribution in [0.2, 0.25) is 0 Å². The molecule has 0 aromatic heterocycles. The van der Waals surface area contributed by atoms with Gasteiger partial charge in [-0.1, -0.05) is 48.0 Å². The van der Waals surface area contributed by atoms with Crippen LogP contribution in [0.4, 0.5) is 5.69 Å². The third kappa shape index (κ3) is 4.21. The Morgan fingerprint density at radius 1 is 1.05 bits per heavy atom. The van der Waals surface area contributed by atoms with E-state index in [0.717, 1.165) is 5.69 Å². The summed E-state index contributed by atoms with van der Waals surface area (Å²) >= 11 is 0. The fraction of sp³-hybridized carbons (Fsp3) is 0.235. The normalized spacial score (nSPS) is 11.9. The lowest BCUT2D eigenvalue weighted by molar-refractivity contribution is -0.117. The number of rotatable bonds is 5. The number of carbonyl (C=O) groups is 1. The number of benzene rings is 2. The molecule has 2 rings (SSSR count). The molecule has 2 aromatic carbocycles. The number of aryl methyl sites for hydroxylation is 1. The quantitative estimate of drug-likeness (QED) is 0.875. The van der Waals surface area contributed by atoms with E-state index >= 15 is 0 Å². The standard InChI is InChI=1S/C17H20N2O/c1-13-8-10-15(11-9-13)12-18-14(2)17(20)19-16-6-4-3-5-7-16/h3-11,14,18H,12H2,1-2H3,(H,19,20). The van der Waals surface area contributed by atoms with Gasteiger partial charge in [-0.15, -0.1) is 0 Å². The number of hydrogen-bond acceptors (Lipinski definition) is 2. The van der Waals surface area contributed by atoms with Crippen molar-refractivity contribution < 1.29 is 4.79 Å². The number of amides is 1. The summed E-state index contributed by atoms with van der Waals surface area (Å²) in [4.78, 5) is 12.0. The van der Waals surface area contributed by atoms with Gasteiger partial charge in [0.1, 0.15) is 0 Å². The molecule has 2 aromatic rings. The van der Waals surface area contributed by atoms with Crippen molar-refractivity contribution in [2.24, 2.45) is 0 Å². The molecule has 1 unspecified atom stereocenters. The molecule has 0 saturated heterocycles. The van der Waals surface area contributed by atoms with Gasteiger partial charge in [0.2, 0.25) is 5.91 Å². The maximum absolute atomic E-state index is 12.0. The Morgan fingerprint density at radius 2 is 1.70 bits per heavy atom. The van der Waals surface area contributed by atoms with Crippen LogP contribution < -0.4 is 10.6 Å². The first-order chi connectivity index (χ1) is 9.65. The van der Waals surface area contributed by atoms with E-state index in [1.807, 2.05) is 37.3 Å². The Balaban J connectivity index is 1.83. The highest BCUT2D eigenvalue weighted by molar-refractivity contribution is 5.94. The van der Waals surface area contributed by atoms with E-state index in [2.05, 4.69) is 41.8 Å². The molecular weight excluding hydrogens is 248 g/mol. The van der Waals surface area contributed by atoms with Crippen LogP contribution in [0, 0.1) is 6.92 Å². The molecule has 1 atom stereocenters. The first-order valence-corrected chi connectivity index (χ1v) is 6.80. The predicted octanol–water partition coefficient (Wildman–Crippen LogP) is 3.11. The van der Waals surface area contributed by atoms with E-state index < -0.39 is 0 Å². The lowest BCUT2D eigenvalue weighted by Crippen LogP contribution is -2.37. The highest BCUT2D eigenvalue weighted by atomic mass is 16.2. The summed E-state index contributed by atoms with van der Waals surface area (Å²) in [6, 6.07) is 17.5. The van der Waals surface area contributed by atoms with Gasteiger partial charge in [0, 0.05) is 12.2 Å². The van der Waals surface area contributed by atoms with Gasteiger partial charge < -0.3 is 10.6 Å². The van der Waals surface area contributed by atoms with Crippen molar-refractivity contribution in [2.75, 3.05) is 5.32 Å². The van der Waals surface area contributed by atoms with Gasteiger partial charge in [-0.25, -0.2) is 0 Å². The van der Waals surface area contributed by atoms with Crippen molar-refractivity contribution in [3.05, 3.63) is 65.7 Å². The molecule has 2 N–H and O–H groups in total. The minimum Gasteiger partial charge on any atom is -0.325 e. The molecule has 0 radical (unpaired) electrons. The molecule has 0 aliphatic carbocycles. The Kier molecular flexibility index (Phi) is 4.91. The molecule has 0 heterocycles. The number of hydrogen-bond donors (Lipinski definition) is 2. The first kappa shape index (κ1) is 14.3. The molecule has 0 aliphatic heterocycles. The second-order valence-corrected chi connectivity index (χ2v) is 4.94. The largest absolute Gasteiger partial charge is 0.325 e. The minimum absolute atomic E-state index is 0.0247. The summed E-state index contributed by atoms with van der Waals surface area (Å²) < 4.78 is 0. The van der Waals surface area contributed by atoms with E-state index in [1.54, 1.807) is 0 Å². The molecule has 0 fully saturated rings. The van der Waals surface area contributed by atoms with Gasteiger partial charge in [-0.05, 0) is 31.5 Å². The molecule has 0 spiro atoms. The summed E-state index contributed by atoms with van der Waals surface area (Å²) in [5.41, 5.74) is 3.24. The summed E-state index contributed by atoms with van der Waals surface area (Å²) in [6.07, 6.45) is 0. The van der Waals surface area contributed by atoms with Gasteiger partial charge in [-0.3, -0.25) is 4.79 Å². The Hall–Kier alpha value is -2.13. The second kappa shape index (κ2) is 6.87. The molecule has 20 heavy (non-hydrogen) atoms. The molecule has 0 bridgehead atoms. The molecule has 1 amide bonds. The van der Waals surface area contributed by atoms with E-state index in [0.29, 0.717) is 6.54 Å². The minimum atomic E-state index is -0.239. The number of para-hydroxylation sites is 1. The Bertz CT molecular complexity index is 549. The van der Waals surface area contributed by atoms with Crippen LogP contribution in [0.1, 0.15) is 18.1 Å². The van der Waals surface area contributed by atoms with E-state index in [-0.39, 0.29) is 11.9 Å². The number of nitrogens with one attached hydrogen (secondary N) is 2. The number of anilines is 1. The average Bonchev–Trinajstić information content (AvgIpc) is 2.47. The van der Waals surface area contributed by atoms with Crippen LogP contribution >= 0.6 is 0 Å². The molecule has 104 valence electrons. The van der Waals surface area contributed by atoms with Crippen LogP contribution in [-0.4, -0.2) is 11.9 Å². The van der Waals surface area contributed by atoms with Gasteiger partial charge in [0.25, 0.3) is 0 Å². The molecular formula is C17H20N2O. The predicted molar refractivity (Wildman–Crippen MR) is 82.6 cm³/mol. The van der Waals surface area contributed by atoms with Crippen LogP contribution in [0.25, 0.3) is 0 Å². The monoisotopic (exact) mass is 268 g/mol. The zero-order chi connectivity index (χ0) is 14.4. The van der Waals surface area contributed by atoms with Gasteiger partial charge in [0.05, 0.1) is 6.04 Å². The van der Waals surface area contributed by atoms with Crippen molar-refractivity contribution in [1.29, 1.82) is 0 Å². The molecule has 0 saturated carbocycles. The van der Waals surface area contributed by atoms with Gasteiger partial charge >= 0.3 is 0 Å². The fourth-order valence-corrected chi connectivity index (χ4v) is 1.84. The average molecular weight is 268 g/mol. The Morgan fingerprint density at radius 3 is 2.35 bits per heavy atom. The lowest BCUT2D eigenvalue weighted by Gasteiger charge is -2.14. The molecule has 3 heteroatoms. The van der Waals surface area contributed by atoms with E-state index in [1.165, 1.54) is 11.1 Å². The van der Waals surface area contributed by atoms with Crippen molar-refractivity contribution in [1.82, 2.24) is 5.32 Å². The zero-order valence-corrected chi connectivity index (χ0v) is 11.9. The molecule has 3 nitrogen and oxygen atoms in total. The van der Waals surface area contributed by atoms with Crippen LogP contribution in [0.3, 0.4) is 0 Å². The first-order valence-electron chi connectivity index (χ1n) is 6.80. The third-order valence-electron chi connectivity index (χ3n) is 3.17. The highest BCUT2D eigenvalue weighted by Crippen LogP contribution is 2.06. The maximum atomic E-state index is 12.0. The zero-order valence-electron chi connectivity index (χ0n) is 11.9. The SMILES string of the molecule is Cc1ccc(CNC(C)C(=O)Nc2ccccc2)cc1. The van der Waals surface area contributed by atoms with Crippen LogP contribution in [0.5, 0.6) is 0 Å².